The van der Waals surface area contributed by atoms with Crippen LogP contribution in [0.15, 0.2) is 22.7 Å². The first-order valence-corrected chi connectivity index (χ1v) is 5.92. The molecule has 5 heteroatoms. The second kappa shape index (κ2) is 6.38. The maximum atomic E-state index is 11.8. The molecular formula is C12H18BrClN2O. The van der Waals surface area contributed by atoms with E-state index in [1.807, 2.05) is 32.9 Å². The van der Waals surface area contributed by atoms with Crippen LogP contribution < -0.4 is 11.1 Å². The van der Waals surface area contributed by atoms with Crippen molar-refractivity contribution in [2.75, 3.05) is 6.54 Å². The summed E-state index contributed by atoms with van der Waals surface area (Å²) in [7, 11) is 0. The minimum Gasteiger partial charge on any atom is -0.350 e. The van der Waals surface area contributed by atoms with Crippen LogP contribution in [-0.2, 0) is 0 Å². The molecule has 0 saturated heterocycles. The van der Waals surface area contributed by atoms with Gasteiger partial charge < -0.3 is 11.1 Å². The van der Waals surface area contributed by atoms with Gasteiger partial charge in [-0.1, -0.05) is 15.9 Å². The smallest absolute Gasteiger partial charge is 0.251 e. The molecule has 0 fully saturated rings. The molecule has 1 rings (SSSR count). The first-order valence-electron chi connectivity index (χ1n) is 5.13. The highest BCUT2D eigenvalue weighted by atomic mass is 79.9. The molecule has 0 heterocycles. The zero-order valence-electron chi connectivity index (χ0n) is 10.2. The number of carbonyl (C=O) groups is 1. The van der Waals surface area contributed by atoms with Crippen molar-refractivity contribution in [1.29, 1.82) is 0 Å². The van der Waals surface area contributed by atoms with Crippen molar-refractivity contribution in [2.24, 2.45) is 5.73 Å². The molecule has 0 spiro atoms. The quantitative estimate of drug-likeness (QED) is 0.899. The van der Waals surface area contributed by atoms with Gasteiger partial charge in [0.2, 0.25) is 0 Å². The summed E-state index contributed by atoms with van der Waals surface area (Å²) < 4.78 is 1.00. The van der Waals surface area contributed by atoms with Gasteiger partial charge in [-0.25, -0.2) is 0 Å². The molecule has 1 aromatic carbocycles. The van der Waals surface area contributed by atoms with Crippen LogP contribution >= 0.6 is 28.3 Å². The van der Waals surface area contributed by atoms with Gasteiger partial charge in [-0.3, -0.25) is 4.79 Å². The molecule has 0 saturated carbocycles. The Bertz CT molecular complexity index is 402. The topological polar surface area (TPSA) is 55.1 Å². The Morgan fingerprint density at radius 2 is 2.06 bits per heavy atom. The summed E-state index contributed by atoms with van der Waals surface area (Å²) in [6.45, 7) is 6.16. The second-order valence-corrected chi connectivity index (χ2v) is 5.49. The average Bonchev–Trinajstić information content (AvgIpc) is 2.17. The lowest BCUT2D eigenvalue weighted by Crippen LogP contribution is -2.45. The number of benzene rings is 1. The number of halogens is 2. The van der Waals surface area contributed by atoms with E-state index in [4.69, 9.17) is 5.73 Å². The molecule has 0 aliphatic carbocycles. The zero-order valence-corrected chi connectivity index (χ0v) is 12.6. The van der Waals surface area contributed by atoms with Crippen LogP contribution in [0.3, 0.4) is 0 Å². The lowest BCUT2D eigenvalue weighted by atomic mass is 10.1. The fraction of sp³-hybridized carbons (Fsp3) is 0.417. The Morgan fingerprint density at radius 3 is 2.53 bits per heavy atom. The SMILES string of the molecule is Cc1cc(C(=O)NCC(C)(C)N)ccc1Br.Cl. The predicted molar refractivity (Wildman–Crippen MR) is 76.7 cm³/mol. The Labute approximate surface area is 117 Å². The molecule has 17 heavy (non-hydrogen) atoms. The minimum absolute atomic E-state index is 0. The first-order chi connectivity index (χ1) is 7.29. The molecule has 0 atom stereocenters. The standard InChI is InChI=1S/C12H17BrN2O.ClH/c1-8-6-9(4-5-10(8)13)11(16)15-7-12(2,3)14;/h4-6H,7,14H2,1-3H3,(H,15,16);1H. The number of nitrogens with one attached hydrogen (secondary N) is 1. The molecular weight excluding hydrogens is 304 g/mol. The number of amides is 1. The molecule has 0 radical (unpaired) electrons. The number of rotatable bonds is 3. The van der Waals surface area contributed by atoms with E-state index in [1.54, 1.807) is 6.07 Å². The van der Waals surface area contributed by atoms with Gasteiger partial charge in [-0.2, -0.15) is 0 Å². The van der Waals surface area contributed by atoms with E-state index < -0.39 is 0 Å². The van der Waals surface area contributed by atoms with Crippen LogP contribution in [0.1, 0.15) is 29.8 Å². The van der Waals surface area contributed by atoms with Crippen molar-refractivity contribution in [1.82, 2.24) is 5.32 Å². The van der Waals surface area contributed by atoms with Gasteiger partial charge in [0.25, 0.3) is 5.91 Å². The van der Waals surface area contributed by atoms with Crippen molar-refractivity contribution < 1.29 is 4.79 Å². The highest BCUT2D eigenvalue weighted by Gasteiger charge is 2.13. The molecule has 0 bridgehead atoms. The Hall–Kier alpha value is -0.580. The van der Waals surface area contributed by atoms with Crippen molar-refractivity contribution >= 4 is 34.2 Å². The van der Waals surface area contributed by atoms with Gasteiger partial charge in [0, 0.05) is 22.1 Å². The molecule has 0 aliphatic heterocycles. The van der Waals surface area contributed by atoms with Crippen molar-refractivity contribution in [3.63, 3.8) is 0 Å². The van der Waals surface area contributed by atoms with Crippen LogP contribution in [0, 0.1) is 6.92 Å². The fourth-order valence-electron chi connectivity index (χ4n) is 1.20. The number of hydrogen-bond acceptors (Lipinski definition) is 2. The van der Waals surface area contributed by atoms with Gasteiger partial charge in [-0.15, -0.1) is 12.4 Å². The van der Waals surface area contributed by atoms with Crippen molar-refractivity contribution in [3.05, 3.63) is 33.8 Å². The van der Waals surface area contributed by atoms with Gasteiger partial charge in [-0.05, 0) is 44.5 Å². The summed E-state index contributed by atoms with van der Waals surface area (Å²) >= 11 is 3.40. The highest BCUT2D eigenvalue weighted by molar-refractivity contribution is 9.10. The molecule has 3 N–H and O–H groups in total. The Balaban J connectivity index is 0.00000256. The van der Waals surface area contributed by atoms with Crippen LogP contribution in [0.5, 0.6) is 0 Å². The molecule has 0 aromatic heterocycles. The van der Waals surface area contributed by atoms with E-state index in [0.29, 0.717) is 12.1 Å². The summed E-state index contributed by atoms with van der Waals surface area (Å²) in [6.07, 6.45) is 0. The normalized spacial score (nSPS) is 10.6. The molecule has 3 nitrogen and oxygen atoms in total. The van der Waals surface area contributed by atoms with Crippen molar-refractivity contribution in [2.45, 2.75) is 26.3 Å². The maximum absolute atomic E-state index is 11.8. The van der Waals surface area contributed by atoms with Crippen LogP contribution in [-0.4, -0.2) is 18.0 Å². The zero-order chi connectivity index (χ0) is 12.3. The third-order valence-electron chi connectivity index (χ3n) is 2.12. The van der Waals surface area contributed by atoms with Crippen LogP contribution in [0.2, 0.25) is 0 Å². The first kappa shape index (κ1) is 16.4. The highest BCUT2D eigenvalue weighted by Crippen LogP contribution is 2.16. The molecule has 1 amide bonds. The van der Waals surface area contributed by atoms with E-state index >= 15 is 0 Å². The third-order valence-corrected chi connectivity index (χ3v) is 3.01. The van der Waals surface area contributed by atoms with Gasteiger partial charge >= 0.3 is 0 Å². The Morgan fingerprint density at radius 1 is 1.47 bits per heavy atom. The maximum Gasteiger partial charge on any atom is 0.251 e. The summed E-state index contributed by atoms with van der Waals surface area (Å²) in [5, 5.41) is 2.81. The minimum atomic E-state index is -0.389. The van der Waals surface area contributed by atoms with E-state index in [2.05, 4.69) is 21.2 Å². The third kappa shape index (κ3) is 5.52. The summed E-state index contributed by atoms with van der Waals surface area (Å²) in [5.41, 5.74) is 7.10. The summed E-state index contributed by atoms with van der Waals surface area (Å²) in [5.74, 6) is -0.0888. The summed E-state index contributed by atoms with van der Waals surface area (Å²) in [6, 6.07) is 5.51. The second-order valence-electron chi connectivity index (χ2n) is 4.64. The average molecular weight is 322 g/mol. The molecule has 1 aromatic rings. The van der Waals surface area contributed by atoms with E-state index in [1.165, 1.54) is 0 Å². The van der Waals surface area contributed by atoms with E-state index in [9.17, 15) is 4.79 Å². The summed E-state index contributed by atoms with van der Waals surface area (Å²) in [4.78, 5) is 11.8. The van der Waals surface area contributed by atoms with E-state index in [0.717, 1.165) is 10.0 Å². The monoisotopic (exact) mass is 320 g/mol. The van der Waals surface area contributed by atoms with Crippen LogP contribution in [0.4, 0.5) is 0 Å². The van der Waals surface area contributed by atoms with Gasteiger partial charge in [0.05, 0.1) is 0 Å². The van der Waals surface area contributed by atoms with Gasteiger partial charge in [0.1, 0.15) is 0 Å². The number of aryl methyl sites for hydroxylation is 1. The Kier molecular flexibility index (Phi) is 6.16. The molecule has 0 aliphatic rings. The fourth-order valence-corrected chi connectivity index (χ4v) is 1.44. The number of hydrogen-bond donors (Lipinski definition) is 2. The lowest BCUT2D eigenvalue weighted by molar-refractivity contribution is 0.0946. The predicted octanol–water partition coefficient (Wildman–Crippen LogP) is 2.65. The molecule has 96 valence electrons. The van der Waals surface area contributed by atoms with Gasteiger partial charge in [0.15, 0.2) is 0 Å². The van der Waals surface area contributed by atoms with Crippen molar-refractivity contribution in [3.8, 4) is 0 Å². The van der Waals surface area contributed by atoms with E-state index in [-0.39, 0.29) is 23.9 Å². The van der Waals surface area contributed by atoms with Crippen LogP contribution in [0.25, 0.3) is 0 Å². The number of nitrogens with two attached hydrogens (primary N) is 1. The lowest BCUT2D eigenvalue weighted by Gasteiger charge is -2.19. The number of carbonyl (C=O) groups excluding carboxylic acids is 1. The molecule has 0 unspecified atom stereocenters. The largest absolute Gasteiger partial charge is 0.350 e.